The van der Waals surface area contributed by atoms with Crippen LogP contribution in [0.4, 0.5) is 4.79 Å². The van der Waals surface area contributed by atoms with E-state index in [1.54, 1.807) is 0 Å². The minimum atomic E-state index is -0.664. The first-order valence-electron chi connectivity index (χ1n) is 11.4. The lowest BCUT2D eigenvalue weighted by Gasteiger charge is -2.22. The second-order valence-corrected chi connectivity index (χ2v) is 8.87. The number of nitrogens with zero attached hydrogens (tertiary/aromatic N) is 1. The number of hydrogen-bond acceptors (Lipinski definition) is 3. The number of aromatic nitrogens is 1. The number of rotatable bonds is 6. The van der Waals surface area contributed by atoms with Crippen LogP contribution in [0, 0.1) is 0 Å². The van der Waals surface area contributed by atoms with E-state index >= 15 is 0 Å². The fourth-order valence-corrected chi connectivity index (χ4v) is 5.00. The number of carbonyl (C=O) groups is 3. The van der Waals surface area contributed by atoms with Gasteiger partial charge in [0.25, 0.3) is 5.91 Å². The molecular formula is C26H27N3O3. The molecule has 1 saturated heterocycles. The second kappa shape index (κ2) is 8.61. The number of aromatic amines is 1. The molecule has 6 heteroatoms. The van der Waals surface area contributed by atoms with Crippen LogP contribution >= 0.6 is 0 Å². The van der Waals surface area contributed by atoms with Crippen molar-refractivity contribution in [2.24, 2.45) is 0 Å². The van der Waals surface area contributed by atoms with Crippen LogP contribution < -0.4 is 5.32 Å². The molecule has 2 N–H and O–H groups in total. The summed E-state index contributed by atoms with van der Waals surface area (Å²) in [6, 6.07) is 14.4. The summed E-state index contributed by atoms with van der Waals surface area (Å²) >= 11 is 0. The molecule has 1 unspecified atom stereocenters. The molecule has 1 aliphatic heterocycles. The zero-order valence-electron chi connectivity index (χ0n) is 18.0. The highest BCUT2D eigenvalue weighted by Crippen LogP contribution is 2.32. The summed E-state index contributed by atoms with van der Waals surface area (Å²) in [6.45, 7) is -0.238. The highest BCUT2D eigenvalue weighted by atomic mass is 16.2. The summed E-state index contributed by atoms with van der Waals surface area (Å²) in [6.07, 6.45) is 8.48. The van der Waals surface area contributed by atoms with Gasteiger partial charge in [-0.15, -0.1) is 0 Å². The van der Waals surface area contributed by atoms with E-state index in [-0.39, 0.29) is 18.2 Å². The number of amides is 3. The van der Waals surface area contributed by atoms with Crippen molar-refractivity contribution in [3.05, 3.63) is 71.4 Å². The van der Waals surface area contributed by atoms with E-state index in [0.717, 1.165) is 21.4 Å². The predicted octanol–water partition coefficient (Wildman–Crippen LogP) is 4.56. The third-order valence-corrected chi connectivity index (χ3v) is 6.82. The maximum atomic E-state index is 12.9. The Bertz CT molecular complexity index is 1160. The van der Waals surface area contributed by atoms with E-state index in [1.807, 2.05) is 54.7 Å². The molecule has 1 aromatic heterocycles. The first-order valence-corrected chi connectivity index (χ1v) is 11.4. The number of imide groups is 1. The lowest BCUT2D eigenvalue weighted by molar-refractivity contribution is -0.127. The number of carbonyl (C=O) groups excluding carboxylic acids is 3. The van der Waals surface area contributed by atoms with Crippen LogP contribution in [0.25, 0.3) is 10.9 Å². The molecule has 3 aromatic rings. The topological polar surface area (TPSA) is 82.3 Å². The third-order valence-electron chi connectivity index (χ3n) is 6.82. The second-order valence-electron chi connectivity index (χ2n) is 8.87. The van der Waals surface area contributed by atoms with Gasteiger partial charge in [-0.05, 0) is 36.0 Å². The molecule has 2 heterocycles. The molecular weight excluding hydrogens is 402 g/mol. The molecule has 0 radical (unpaired) electrons. The van der Waals surface area contributed by atoms with Crippen LogP contribution in [0.3, 0.4) is 0 Å². The molecule has 2 aromatic carbocycles. The zero-order chi connectivity index (χ0) is 22.1. The average molecular weight is 430 g/mol. The normalized spacial score (nSPS) is 19.5. The quantitative estimate of drug-likeness (QED) is 0.445. The van der Waals surface area contributed by atoms with Gasteiger partial charge in [0.1, 0.15) is 6.04 Å². The predicted molar refractivity (Wildman–Crippen MR) is 123 cm³/mol. The number of ketones is 1. The molecule has 164 valence electrons. The number of Topliss-reactive ketones (excluding diaryl/α,β-unsaturated/α-hetero) is 1. The summed E-state index contributed by atoms with van der Waals surface area (Å²) < 4.78 is 0. The smallest absolute Gasteiger partial charge is 0.325 e. The van der Waals surface area contributed by atoms with Crippen molar-refractivity contribution in [3.63, 3.8) is 0 Å². The van der Waals surface area contributed by atoms with E-state index in [4.69, 9.17) is 0 Å². The van der Waals surface area contributed by atoms with Gasteiger partial charge in [0.05, 0.1) is 6.54 Å². The van der Waals surface area contributed by atoms with Gasteiger partial charge in [-0.1, -0.05) is 61.7 Å². The van der Waals surface area contributed by atoms with Crippen LogP contribution in [0.15, 0.2) is 54.7 Å². The summed E-state index contributed by atoms with van der Waals surface area (Å²) in [7, 11) is 0. The lowest BCUT2D eigenvalue weighted by atomic mass is 9.84. The average Bonchev–Trinajstić information content (AvgIpc) is 3.36. The number of urea groups is 1. The molecule has 1 aliphatic carbocycles. The first kappa shape index (κ1) is 20.5. The standard InChI is InChI=1S/C26H27N3O3/c30-24(19-12-10-18(11-13-19)17-6-2-1-3-7-17)16-29-25(31)23(28-26(29)32)14-20-15-27-22-9-5-4-8-21(20)22/h4-5,8-13,15,17,23,27H,1-3,6-7,14,16H2,(H,28,32). The molecule has 5 rings (SSSR count). The van der Waals surface area contributed by atoms with E-state index in [1.165, 1.54) is 37.7 Å². The van der Waals surface area contributed by atoms with Gasteiger partial charge in [-0.25, -0.2) is 4.79 Å². The largest absolute Gasteiger partial charge is 0.361 e. The Morgan fingerprint density at radius 2 is 1.72 bits per heavy atom. The highest BCUT2D eigenvalue weighted by Gasteiger charge is 2.39. The number of hydrogen-bond donors (Lipinski definition) is 2. The Kier molecular flexibility index (Phi) is 5.52. The van der Waals surface area contributed by atoms with Crippen molar-refractivity contribution in [1.82, 2.24) is 15.2 Å². The van der Waals surface area contributed by atoms with Gasteiger partial charge < -0.3 is 10.3 Å². The van der Waals surface area contributed by atoms with Crippen LogP contribution in [0.1, 0.15) is 59.5 Å². The van der Waals surface area contributed by atoms with E-state index in [2.05, 4.69) is 10.3 Å². The number of benzene rings is 2. The van der Waals surface area contributed by atoms with Crippen molar-refractivity contribution in [2.45, 2.75) is 50.5 Å². The SMILES string of the molecule is O=C(CN1C(=O)NC(Cc2c[nH]c3ccccc23)C1=O)c1ccc(C2CCCCC2)cc1. The molecule has 1 saturated carbocycles. The van der Waals surface area contributed by atoms with Crippen LogP contribution in [0.2, 0.25) is 0 Å². The fourth-order valence-electron chi connectivity index (χ4n) is 5.00. The fraction of sp³-hybridized carbons (Fsp3) is 0.346. The summed E-state index contributed by atoms with van der Waals surface area (Å²) in [5, 5.41) is 3.77. The van der Waals surface area contributed by atoms with Crippen molar-refractivity contribution in [3.8, 4) is 0 Å². The highest BCUT2D eigenvalue weighted by molar-refractivity contribution is 6.09. The monoisotopic (exact) mass is 429 g/mol. The Hall–Kier alpha value is -3.41. The molecule has 32 heavy (non-hydrogen) atoms. The van der Waals surface area contributed by atoms with E-state index in [9.17, 15) is 14.4 Å². The van der Waals surface area contributed by atoms with Crippen molar-refractivity contribution >= 4 is 28.6 Å². The summed E-state index contributed by atoms with van der Waals surface area (Å²) in [5.74, 6) is -0.00648. The van der Waals surface area contributed by atoms with Crippen LogP contribution in [0.5, 0.6) is 0 Å². The Balaban J connectivity index is 1.24. The molecule has 1 atom stereocenters. The third kappa shape index (κ3) is 3.93. The van der Waals surface area contributed by atoms with Crippen molar-refractivity contribution in [1.29, 1.82) is 0 Å². The van der Waals surface area contributed by atoms with Gasteiger partial charge in [-0.2, -0.15) is 0 Å². The number of H-pyrrole nitrogens is 1. The van der Waals surface area contributed by atoms with Gasteiger partial charge in [0.2, 0.25) is 0 Å². The maximum Gasteiger partial charge on any atom is 0.325 e. The molecule has 3 amide bonds. The zero-order valence-corrected chi connectivity index (χ0v) is 18.0. The number of fused-ring (bicyclic) bond motifs is 1. The van der Waals surface area contributed by atoms with E-state index < -0.39 is 12.1 Å². The molecule has 0 spiro atoms. The summed E-state index contributed by atoms with van der Waals surface area (Å²) in [4.78, 5) is 42.4. The van der Waals surface area contributed by atoms with E-state index in [0.29, 0.717) is 17.9 Å². The number of para-hydroxylation sites is 1. The summed E-state index contributed by atoms with van der Waals surface area (Å²) in [5.41, 5.74) is 3.76. The first-order chi connectivity index (χ1) is 15.6. The Labute approximate surface area is 187 Å². The molecule has 0 bridgehead atoms. The van der Waals surface area contributed by atoms with Crippen molar-refractivity contribution < 1.29 is 14.4 Å². The Morgan fingerprint density at radius 1 is 0.969 bits per heavy atom. The van der Waals surface area contributed by atoms with Gasteiger partial charge in [0, 0.05) is 29.1 Å². The maximum absolute atomic E-state index is 12.9. The van der Waals surface area contributed by atoms with Gasteiger partial charge >= 0.3 is 6.03 Å². The van der Waals surface area contributed by atoms with Gasteiger partial charge in [0.15, 0.2) is 5.78 Å². The molecule has 2 aliphatic rings. The minimum Gasteiger partial charge on any atom is -0.361 e. The lowest BCUT2D eigenvalue weighted by Crippen LogP contribution is -2.36. The Morgan fingerprint density at radius 3 is 2.50 bits per heavy atom. The number of nitrogens with one attached hydrogen (secondary N) is 2. The minimum absolute atomic E-state index is 0.226. The van der Waals surface area contributed by atoms with Crippen molar-refractivity contribution in [2.75, 3.05) is 6.54 Å². The van der Waals surface area contributed by atoms with Gasteiger partial charge in [-0.3, -0.25) is 14.5 Å². The molecule has 6 nitrogen and oxygen atoms in total. The van der Waals surface area contributed by atoms with Crippen LogP contribution in [-0.2, 0) is 11.2 Å². The molecule has 2 fully saturated rings. The van der Waals surface area contributed by atoms with Crippen LogP contribution in [-0.4, -0.2) is 40.2 Å².